The Kier molecular flexibility index (Phi) is 11.5. The molecule has 0 aliphatic heterocycles. The van der Waals surface area contributed by atoms with Gasteiger partial charge in [0, 0.05) is 0 Å². The third kappa shape index (κ3) is 9.50. The summed E-state index contributed by atoms with van der Waals surface area (Å²) in [4.78, 5) is 0. The summed E-state index contributed by atoms with van der Waals surface area (Å²) in [7, 11) is 0. The fraction of sp³-hybridized carbons (Fsp3) is 0.700. The lowest BCUT2D eigenvalue weighted by Gasteiger charge is -2.14. The molecule has 0 radical (unpaired) electrons. The van der Waals surface area contributed by atoms with Crippen molar-refractivity contribution in [3.05, 3.63) is 35.6 Å². The fourth-order valence-corrected chi connectivity index (χ4v) is 3.31. The lowest BCUT2D eigenvalue weighted by Crippen LogP contribution is -2.07. The van der Waals surface area contributed by atoms with E-state index in [0.29, 0.717) is 5.92 Å². The Balaban J connectivity index is 2.06. The first-order valence-electron chi connectivity index (χ1n) is 9.11. The second-order valence-corrected chi connectivity index (χ2v) is 6.86. The van der Waals surface area contributed by atoms with Gasteiger partial charge < -0.3 is 0 Å². The smallest absolute Gasteiger partial charge is 0.123 e. The van der Waals surface area contributed by atoms with Crippen molar-refractivity contribution < 1.29 is 4.39 Å². The maximum Gasteiger partial charge on any atom is 0.123 e. The van der Waals surface area contributed by atoms with E-state index in [1.165, 1.54) is 70.3 Å². The standard InChI is InChI=1S/C20H33FS/c1-2-3-4-5-6-7-8-9-10-12-19(17-22)15-18-13-11-14-20(21)16-18/h11,13-14,16,19,22H,2-10,12,15,17H2,1H3. The van der Waals surface area contributed by atoms with Gasteiger partial charge in [-0.2, -0.15) is 12.6 Å². The second-order valence-electron chi connectivity index (χ2n) is 6.50. The molecule has 1 unspecified atom stereocenters. The fourth-order valence-electron chi connectivity index (χ4n) is 3.00. The Morgan fingerprint density at radius 1 is 0.955 bits per heavy atom. The Bertz CT molecular complexity index is 378. The van der Waals surface area contributed by atoms with E-state index < -0.39 is 0 Å². The van der Waals surface area contributed by atoms with E-state index >= 15 is 0 Å². The van der Waals surface area contributed by atoms with Gasteiger partial charge >= 0.3 is 0 Å². The molecule has 1 aromatic rings. The van der Waals surface area contributed by atoms with Gasteiger partial charge in [-0.05, 0) is 42.2 Å². The van der Waals surface area contributed by atoms with Crippen LogP contribution in [0.3, 0.4) is 0 Å². The van der Waals surface area contributed by atoms with Crippen molar-refractivity contribution >= 4 is 12.6 Å². The summed E-state index contributed by atoms with van der Waals surface area (Å²) in [5, 5.41) is 0. The van der Waals surface area contributed by atoms with Crippen LogP contribution in [0.4, 0.5) is 4.39 Å². The van der Waals surface area contributed by atoms with Crippen molar-refractivity contribution in [1.82, 2.24) is 0 Å². The lowest BCUT2D eigenvalue weighted by atomic mass is 9.95. The van der Waals surface area contributed by atoms with Gasteiger partial charge in [0.15, 0.2) is 0 Å². The molecule has 0 N–H and O–H groups in total. The first-order chi connectivity index (χ1) is 10.8. The van der Waals surface area contributed by atoms with Gasteiger partial charge in [0.2, 0.25) is 0 Å². The van der Waals surface area contributed by atoms with Crippen LogP contribution >= 0.6 is 12.6 Å². The highest BCUT2D eigenvalue weighted by molar-refractivity contribution is 7.80. The van der Waals surface area contributed by atoms with Crippen LogP contribution < -0.4 is 0 Å². The molecule has 1 aromatic carbocycles. The molecule has 0 heterocycles. The zero-order valence-corrected chi connectivity index (χ0v) is 15.1. The number of unbranched alkanes of at least 4 members (excludes halogenated alkanes) is 8. The molecule has 1 rings (SSSR count). The Morgan fingerprint density at radius 3 is 2.18 bits per heavy atom. The van der Waals surface area contributed by atoms with E-state index in [4.69, 9.17) is 0 Å². The minimum absolute atomic E-state index is 0.126. The molecule has 0 aliphatic rings. The molecule has 2 heteroatoms. The summed E-state index contributed by atoms with van der Waals surface area (Å²) in [6.07, 6.45) is 14.5. The van der Waals surface area contributed by atoms with Crippen LogP contribution in [0, 0.1) is 11.7 Å². The molecule has 1 atom stereocenters. The van der Waals surface area contributed by atoms with Crippen LogP contribution in [0.15, 0.2) is 24.3 Å². The van der Waals surface area contributed by atoms with Crippen molar-refractivity contribution in [2.24, 2.45) is 5.92 Å². The first kappa shape index (κ1) is 19.5. The molecule has 22 heavy (non-hydrogen) atoms. The Hall–Kier alpha value is -0.500. The molecule has 0 aromatic heterocycles. The summed E-state index contributed by atoms with van der Waals surface area (Å²) in [5.74, 6) is 1.35. The van der Waals surface area contributed by atoms with Gasteiger partial charge in [0.05, 0.1) is 0 Å². The summed E-state index contributed by atoms with van der Waals surface area (Å²) >= 11 is 4.47. The van der Waals surface area contributed by atoms with Crippen LogP contribution in [0.25, 0.3) is 0 Å². The molecule has 0 aliphatic carbocycles. The number of hydrogen-bond acceptors (Lipinski definition) is 1. The van der Waals surface area contributed by atoms with Crippen molar-refractivity contribution in [2.45, 2.75) is 77.6 Å². The quantitative estimate of drug-likeness (QED) is 0.298. The number of halogens is 1. The topological polar surface area (TPSA) is 0 Å². The van der Waals surface area contributed by atoms with Crippen molar-refractivity contribution in [3.8, 4) is 0 Å². The Labute approximate surface area is 142 Å². The molecular formula is C20H33FS. The third-order valence-electron chi connectivity index (χ3n) is 4.39. The van der Waals surface area contributed by atoms with Crippen molar-refractivity contribution in [3.63, 3.8) is 0 Å². The maximum absolute atomic E-state index is 13.2. The first-order valence-corrected chi connectivity index (χ1v) is 9.74. The highest BCUT2D eigenvalue weighted by Gasteiger charge is 2.08. The SMILES string of the molecule is CCCCCCCCCCCC(CS)Cc1cccc(F)c1. The lowest BCUT2D eigenvalue weighted by molar-refractivity contribution is 0.483. The summed E-state index contributed by atoms with van der Waals surface area (Å²) in [6, 6.07) is 7.00. The van der Waals surface area contributed by atoms with Crippen LogP contribution in [-0.2, 0) is 6.42 Å². The predicted octanol–water partition coefficient (Wildman–Crippen LogP) is 6.84. The van der Waals surface area contributed by atoms with E-state index in [1.54, 1.807) is 12.1 Å². The average molecular weight is 325 g/mol. The highest BCUT2D eigenvalue weighted by atomic mass is 32.1. The third-order valence-corrected chi connectivity index (χ3v) is 4.90. The van der Waals surface area contributed by atoms with E-state index in [-0.39, 0.29) is 5.82 Å². The monoisotopic (exact) mass is 324 g/mol. The minimum Gasteiger partial charge on any atom is -0.207 e. The number of benzene rings is 1. The summed E-state index contributed by atoms with van der Waals surface area (Å²) < 4.78 is 13.2. The summed E-state index contributed by atoms with van der Waals surface area (Å²) in [5.41, 5.74) is 1.11. The number of rotatable bonds is 13. The van der Waals surface area contributed by atoms with Gasteiger partial charge in [0.25, 0.3) is 0 Å². The predicted molar refractivity (Wildman–Crippen MR) is 99.3 cm³/mol. The maximum atomic E-state index is 13.2. The van der Waals surface area contributed by atoms with Gasteiger partial charge in [-0.25, -0.2) is 4.39 Å². The zero-order valence-electron chi connectivity index (χ0n) is 14.2. The minimum atomic E-state index is -0.126. The Morgan fingerprint density at radius 2 is 1.59 bits per heavy atom. The molecular weight excluding hydrogens is 291 g/mol. The molecule has 0 nitrogen and oxygen atoms in total. The van der Waals surface area contributed by atoms with E-state index in [0.717, 1.165) is 17.7 Å². The zero-order chi connectivity index (χ0) is 16.0. The summed E-state index contributed by atoms with van der Waals surface area (Å²) in [6.45, 7) is 2.27. The molecule has 126 valence electrons. The number of thiol groups is 1. The molecule has 0 spiro atoms. The van der Waals surface area contributed by atoms with Crippen LogP contribution in [0.5, 0.6) is 0 Å². The van der Waals surface area contributed by atoms with Crippen LogP contribution in [-0.4, -0.2) is 5.75 Å². The second kappa shape index (κ2) is 13.0. The molecule has 0 amide bonds. The largest absolute Gasteiger partial charge is 0.207 e. The van der Waals surface area contributed by atoms with Gasteiger partial charge in [0.1, 0.15) is 5.82 Å². The molecule has 0 bridgehead atoms. The van der Waals surface area contributed by atoms with Gasteiger partial charge in [-0.3, -0.25) is 0 Å². The van der Waals surface area contributed by atoms with Gasteiger partial charge in [-0.1, -0.05) is 76.8 Å². The molecule has 0 fully saturated rings. The number of hydrogen-bond donors (Lipinski definition) is 1. The van der Waals surface area contributed by atoms with Gasteiger partial charge in [-0.15, -0.1) is 0 Å². The molecule has 0 saturated heterocycles. The average Bonchev–Trinajstić information content (AvgIpc) is 2.52. The van der Waals surface area contributed by atoms with E-state index in [2.05, 4.69) is 19.6 Å². The van der Waals surface area contributed by atoms with Crippen LogP contribution in [0.1, 0.15) is 76.7 Å². The highest BCUT2D eigenvalue weighted by Crippen LogP contribution is 2.19. The normalized spacial score (nSPS) is 12.5. The van der Waals surface area contributed by atoms with Crippen molar-refractivity contribution in [1.29, 1.82) is 0 Å². The van der Waals surface area contributed by atoms with E-state index in [1.807, 2.05) is 6.07 Å². The molecule has 0 saturated carbocycles. The van der Waals surface area contributed by atoms with E-state index in [9.17, 15) is 4.39 Å². The van der Waals surface area contributed by atoms with Crippen LogP contribution in [0.2, 0.25) is 0 Å². The van der Waals surface area contributed by atoms with Crippen molar-refractivity contribution in [2.75, 3.05) is 5.75 Å².